The largest absolute Gasteiger partial charge is 0.416 e. The molecule has 2 amide bonds. The highest BCUT2D eigenvalue weighted by atomic mass is 19.4. The fraction of sp³-hybridized carbons (Fsp3) is 0.500. The maximum absolute atomic E-state index is 12.6. The zero-order valence-electron chi connectivity index (χ0n) is 13.2. The molecule has 5 nitrogen and oxygen atoms in total. The Balaban J connectivity index is 1.96. The first-order chi connectivity index (χ1) is 11.3. The van der Waals surface area contributed by atoms with E-state index in [1.165, 1.54) is 17.0 Å². The summed E-state index contributed by atoms with van der Waals surface area (Å²) in [5, 5.41) is 2.73. The molecule has 2 rings (SSSR count). The Kier molecular flexibility index (Phi) is 5.82. The Hall–Kier alpha value is -2.09. The van der Waals surface area contributed by atoms with E-state index in [4.69, 9.17) is 4.74 Å². The van der Waals surface area contributed by atoms with Crippen LogP contribution in [0.15, 0.2) is 24.3 Å². The van der Waals surface area contributed by atoms with Crippen LogP contribution in [0.1, 0.15) is 18.4 Å². The first kappa shape index (κ1) is 18.3. The monoisotopic (exact) mass is 344 g/mol. The average Bonchev–Trinajstić information content (AvgIpc) is 2.93. The van der Waals surface area contributed by atoms with Crippen LogP contribution in [0.4, 0.5) is 18.9 Å². The normalized spacial score (nSPS) is 18.1. The molecule has 0 aromatic heterocycles. The fourth-order valence-electron chi connectivity index (χ4n) is 2.54. The summed E-state index contributed by atoms with van der Waals surface area (Å²) in [6.07, 6.45) is -3.69. The van der Waals surface area contributed by atoms with Gasteiger partial charge in [0.2, 0.25) is 11.8 Å². The van der Waals surface area contributed by atoms with E-state index in [9.17, 15) is 22.8 Å². The van der Waals surface area contributed by atoms with Crippen molar-refractivity contribution in [3.05, 3.63) is 29.8 Å². The van der Waals surface area contributed by atoms with Gasteiger partial charge in [0.05, 0.1) is 11.5 Å². The zero-order chi connectivity index (χ0) is 17.7. The van der Waals surface area contributed by atoms with Gasteiger partial charge in [-0.2, -0.15) is 13.2 Å². The second-order valence-electron chi connectivity index (χ2n) is 5.59. The third-order valence-corrected chi connectivity index (χ3v) is 3.83. The van der Waals surface area contributed by atoms with E-state index >= 15 is 0 Å². The first-order valence-corrected chi connectivity index (χ1v) is 7.57. The van der Waals surface area contributed by atoms with Crippen LogP contribution in [0, 0.1) is 5.92 Å². The van der Waals surface area contributed by atoms with Crippen LogP contribution in [0.5, 0.6) is 0 Å². The lowest BCUT2D eigenvalue weighted by atomic mass is 10.1. The number of rotatable bonds is 6. The Morgan fingerprint density at radius 1 is 1.33 bits per heavy atom. The van der Waals surface area contributed by atoms with Gasteiger partial charge in [-0.15, -0.1) is 0 Å². The maximum atomic E-state index is 12.6. The van der Waals surface area contributed by atoms with Crippen molar-refractivity contribution in [3.63, 3.8) is 0 Å². The lowest BCUT2D eigenvalue weighted by molar-refractivity contribution is -0.137. The molecule has 1 atom stereocenters. The molecule has 132 valence electrons. The smallest absolute Gasteiger partial charge is 0.385 e. The number of halogens is 3. The molecule has 24 heavy (non-hydrogen) atoms. The molecule has 0 radical (unpaired) electrons. The quantitative estimate of drug-likeness (QED) is 0.805. The molecule has 0 bridgehead atoms. The van der Waals surface area contributed by atoms with Gasteiger partial charge in [0, 0.05) is 38.9 Å². The van der Waals surface area contributed by atoms with Crippen molar-refractivity contribution >= 4 is 17.5 Å². The highest BCUT2D eigenvalue weighted by Gasteiger charge is 2.35. The zero-order valence-corrected chi connectivity index (χ0v) is 13.2. The lowest BCUT2D eigenvalue weighted by Crippen LogP contribution is -2.33. The molecule has 1 aromatic carbocycles. The Morgan fingerprint density at radius 2 is 2.00 bits per heavy atom. The Labute approximate surface area is 137 Å². The summed E-state index contributed by atoms with van der Waals surface area (Å²) in [7, 11) is 1.57. The summed E-state index contributed by atoms with van der Waals surface area (Å²) < 4.78 is 42.6. The van der Waals surface area contributed by atoms with Gasteiger partial charge in [-0.25, -0.2) is 0 Å². The number of alkyl halides is 3. The minimum Gasteiger partial charge on any atom is -0.385 e. The van der Waals surface area contributed by atoms with Gasteiger partial charge in [0.15, 0.2) is 0 Å². The molecule has 1 aromatic rings. The molecule has 1 aliphatic rings. The highest BCUT2D eigenvalue weighted by molar-refractivity contribution is 6.00. The van der Waals surface area contributed by atoms with Crippen LogP contribution in [0.3, 0.4) is 0 Å². The van der Waals surface area contributed by atoms with Gasteiger partial charge in [-0.1, -0.05) is 0 Å². The third-order valence-electron chi connectivity index (χ3n) is 3.83. The Morgan fingerprint density at radius 3 is 2.58 bits per heavy atom. The summed E-state index contributed by atoms with van der Waals surface area (Å²) in [6, 6.07) is 4.36. The van der Waals surface area contributed by atoms with Crippen LogP contribution in [0.2, 0.25) is 0 Å². The van der Waals surface area contributed by atoms with E-state index < -0.39 is 17.7 Å². The molecular formula is C16H19F3N2O3. The van der Waals surface area contributed by atoms with Gasteiger partial charge in [-0.05, 0) is 30.7 Å². The van der Waals surface area contributed by atoms with Crippen LogP contribution < -0.4 is 10.2 Å². The van der Waals surface area contributed by atoms with Gasteiger partial charge >= 0.3 is 6.18 Å². The molecule has 1 aliphatic heterocycles. The van der Waals surface area contributed by atoms with Crippen LogP contribution >= 0.6 is 0 Å². The van der Waals surface area contributed by atoms with Crippen molar-refractivity contribution in [2.45, 2.75) is 19.0 Å². The number of nitrogens with one attached hydrogen (secondary N) is 1. The average molecular weight is 344 g/mol. The van der Waals surface area contributed by atoms with E-state index in [0.717, 1.165) is 12.1 Å². The second-order valence-corrected chi connectivity index (χ2v) is 5.59. The van der Waals surface area contributed by atoms with E-state index in [1.807, 2.05) is 0 Å². The molecule has 1 unspecified atom stereocenters. The first-order valence-electron chi connectivity index (χ1n) is 7.57. The van der Waals surface area contributed by atoms with Crippen molar-refractivity contribution in [2.24, 2.45) is 5.92 Å². The summed E-state index contributed by atoms with van der Waals surface area (Å²) in [5.41, 5.74) is -0.409. The number of hydrogen-bond acceptors (Lipinski definition) is 3. The number of carbonyl (C=O) groups is 2. The topological polar surface area (TPSA) is 58.6 Å². The maximum Gasteiger partial charge on any atom is 0.416 e. The van der Waals surface area contributed by atoms with Gasteiger partial charge in [0.1, 0.15) is 0 Å². The predicted octanol–water partition coefficient (Wildman–Crippen LogP) is 2.21. The minimum absolute atomic E-state index is 0.0527. The summed E-state index contributed by atoms with van der Waals surface area (Å²) in [4.78, 5) is 25.4. The number of carbonyl (C=O) groups excluding carboxylic acids is 2. The molecule has 0 aliphatic carbocycles. The Bertz CT molecular complexity index is 587. The SMILES string of the molecule is COCCCNC(=O)C1CC(=O)N(c2ccc(C(F)(F)F)cc2)C1. The van der Waals surface area contributed by atoms with Crippen molar-refractivity contribution in [3.8, 4) is 0 Å². The van der Waals surface area contributed by atoms with Crippen LogP contribution in [0.25, 0.3) is 0 Å². The van der Waals surface area contributed by atoms with Crippen molar-refractivity contribution in [1.82, 2.24) is 5.32 Å². The van der Waals surface area contributed by atoms with Gasteiger partial charge in [0.25, 0.3) is 0 Å². The van der Waals surface area contributed by atoms with Gasteiger partial charge in [-0.3, -0.25) is 9.59 Å². The number of hydrogen-bond donors (Lipinski definition) is 1. The number of amides is 2. The molecule has 1 saturated heterocycles. The molecule has 1 N–H and O–H groups in total. The second kappa shape index (κ2) is 7.65. The van der Waals surface area contributed by atoms with Crippen molar-refractivity contribution in [2.75, 3.05) is 31.7 Å². The minimum atomic E-state index is -4.42. The number of anilines is 1. The molecule has 0 spiro atoms. The fourth-order valence-corrected chi connectivity index (χ4v) is 2.54. The summed E-state index contributed by atoms with van der Waals surface area (Å²) in [5.74, 6) is -0.997. The van der Waals surface area contributed by atoms with E-state index in [-0.39, 0.29) is 24.8 Å². The van der Waals surface area contributed by atoms with Crippen molar-refractivity contribution in [1.29, 1.82) is 0 Å². The standard InChI is InChI=1S/C16H19F3N2O3/c1-24-8-2-7-20-15(23)11-9-14(22)21(10-11)13-5-3-12(4-6-13)16(17,18)19/h3-6,11H,2,7-10H2,1H3,(H,20,23). The lowest BCUT2D eigenvalue weighted by Gasteiger charge is -2.17. The van der Waals surface area contributed by atoms with E-state index in [2.05, 4.69) is 5.32 Å². The number of methoxy groups -OCH3 is 1. The molecular weight excluding hydrogens is 325 g/mol. The van der Waals surface area contributed by atoms with Crippen LogP contribution in [-0.2, 0) is 20.5 Å². The number of ether oxygens (including phenoxy) is 1. The summed E-state index contributed by atoms with van der Waals surface area (Å²) in [6.45, 7) is 1.15. The van der Waals surface area contributed by atoms with Crippen LogP contribution in [-0.4, -0.2) is 38.6 Å². The molecule has 1 heterocycles. The highest BCUT2D eigenvalue weighted by Crippen LogP contribution is 2.32. The van der Waals surface area contributed by atoms with Gasteiger partial charge < -0.3 is 15.0 Å². The molecule has 1 fully saturated rings. The number of nitrogens with zero attached hydrogens (tertiary/aromatic N) is 1. The number of benzene rings is 1. The van der Waals surface area contributed by atoms with E-state index in [0.29, 0.717) is 25.3 Å². The molecule has 0 saturated carbocycles. The molecule has 8 heteroatoms. The third kappa shape index (κ3) is 4.47. The summed E-state index contributed by atoms with van der Waals surface area (Å²) >= 11 is 0. The van der Waals surface area contributed by atoms with E-state index in [1.54, 1.807) is 7.11 Å². The predicted molar refractivity (Wildman–Crippen MR) is 81.4 cm³/mol. The van der Waals surface area contributed by atoms with Crippen molar-refractivity contribution < 1.29 is 27.5 Å².